The topological polar surface area (TPSA) is 50.4 Å². The molecule has 1 heterocycles. The van der Waals surface area contributed by atoms with Crippen molar-refractivity contribution in [2.75, 3.05) is 6.54 Å². The summed E-state index contributed by atoms with van der Waals surface area (Å²) < 4.78 is 5.11. The number of rotatable bonds is 1. The van der Waals surface area contributed by atoms with Crippen LogP contribution in [0.25, 0.3) is 0 Å². The summed E-state index contributed by atoms with van der Waals surface area (Å²) in [7, 11) is 0. The van der Waals surface area contributed by atoms with Gasteiger partial charge >= 0.3 is 6.09 Å². The van der Waals surface area contributed by atoms with Crippen LogP contribution in [0.4, 0.5) is 4.79 Å². The molecule has 0 radical (unpaired) electrons. The third-order valence-electron chi connectivity index (χ3n) is 1.97. The van der Waals surface area contributed by atoms with Gasteiger partial charge in [0.1, 0.15) is 5.60 Å². The Labute approximate surface area is 79.0 Å². The molecule has 4 nitrogen and oxygen atoms in total. The second-order valence-corrected chi connectivity index (χ2v) is 4.45. The predicted molar refractivity (Wildman–Crippen MR) is 50.6 cm³/mol. The normalized spacial score (nSPS) is 27.7. The van der Waals surface area contributed by atoms with Crippen molar-refractivity contribution in [3.63, 3.8) is 0 Å². The molecule has 0 aromatic heterocycles. The molecule has 0 aromatic rings. The molecule has 0 bridgehead atoms. The molecule has 76 valence electrons. The second kappa shape index (κ2) is 3.54. The van der Waals surface area contributed by atoms with E-state index in [0.29, 0.717) is 6.04 Å². The molecule has 1 saturated heterocycles. The van der Waals surface area contributed by atoms with Gasteiger partial charge in [-0.05, 0) is 27.7 Å². The lowest BCUT2D eigenvalue weighted by Crippen LogP contribution is -2.63. The fourth-order valence-corrected chi connectivity index (χ4v) is 1.11. The first-order valence-corrected chi connectivity index (χ1v) is 4.61. The van der Waals surface area contributed by atoms with Gasteiger partial charge in [0.25, 0.3) is 0 Å². The van der Waals surface area contributed by atoms with E-state index in [9.17, 15) is 4.79 Å². The number of ether oxygens (including phenoxy) is 1. The van der Waals surface area contributed by atoms with E-state index in [1.165, 1.54) is 0 Å². The van der Waals surface area contributed by atoms with Gasteiger partial charge in [0.05, 0.1) is 6.04 Å². The molecule has 0 unspecified atom stereocenters. The fourth-order valence-electron chi connectivity index (χ4n) is 1.11. The number of amides is 1. The number of nitrogens with one attached hydrogen (secondary N) is 2. The Morgan fingerprint density at radius 2 is 2.15 bits per heavy atom. The highest BCUT2D eigenvalue weighted by Gasteiger charge is 2.29. The van der Waals surface area contributed by atoms with Crippen LogP contribution < -0.4 is 10.6 Å². The summed E-state index contributed by atoms with van der Waals surface area (Å²) in [6, 6.07) is 0.572. The summed E-state index contributed by atoms with van der Waals surface area (Å²) in [5.74, 6) is 0. The van der Waals surface area contributed by atoms with E-state index in [1.54, 1.807) is 0 Å². The summed E-state index contributed by atoms with van der Waals surface area (Å²) in [4.78, 5) is 11.2. The third-order valence-corrected chi connectivity index (χ3v) is 1.97. The van der Waals surface area contributed by atoms with Crippen molar-refractivity contribution in [1.82, 2.24) is 10.6 Å². The van der Waals surface area contributed by atoms with Crippen molar-refractivity contribution in [2.45, 2.75) is 45.4 Å². The highest BCUT2D eigenvalue weighted by molar-refractivity contribution is 5.68. The molecule has 0 saturated carbocycles. The van der Waals surface area contributed by atoms with Crippen molar-refractivity contribution < 1.29 is 9.53 Å². The molecular formula is C9H18N2O2. The lowest BCUT2D eigenvalue weighted by atomic mass is 10.0. The number of hydrogen-bond donors (Lipinski definition) is 2. The van der Waals surface area contributed by atoms with E-state index >= 15 is 0 Å². The largest absolute Gasteiger partial charge is 0.444 e. The SMILES string of the molecule is C[C@@H]1NC[C@@H]1NC(=O)OC(C)(C)C. The number of alkyl carbamates (subject to hydrolysis) is 1. The van der Waals surface area contributed by atoms with Gasteiger partial charge in [0.15, 0.2) is 0 Å². The first-order valence-electron chi connectivity index (χ1n) is 4.61. The third kappa shape index (κ3) is 3.22. The Bertz CT molecular complexity index is 198. The smallest absolute Gasteiger partial charge is 0.407 e. The molecule has 1 aliphatic rings. The minimum atomic E-state index is -0.412. The lowest BCUT2D eigenvalue weighted by Gasteiger charge is -2.36. The molecule has 2 N–H and O–H groups in total. The van der Waals surface area contributed by atoms with Gasteiger partial charge in [-0.15, -0.1) is 0 Å². The van der Waals surface area contributed by atoms with Crippen molar-refractivity contribution in [2.24, 2.45) is 0 Å². The monoisotopic (exact) mass is 186 g/mol. The van der Waals surface area contributed by atoms with Crippen molar-refractivity contribution in [1.29, 1.82) is 0 Å². The number of carbonyl (C=O) groups is 1. The summed E-state index contributed by atoms with van der Waals surface area (Å²) in [6.07, 6.45) is -0.328. The van der Waals surface area contributed by atoms with Crippen LogP contribution in [-0.2, 0) is 4.74 Å². The van der Waals surface area contributed by atoms with Crippen molar-refractivity contribution in [3.8, 4) is 0 Å². The molecule has 0 aliphatic carbocycles. The van der Waals surface area contributed by atoms with Gasteiger partial charge < -0.3 is 15.4 Å². The first kappa shape index (κ1) is 10.3. The van der Waals surface area contributed by atoms with Crippen LogP contribution in [0.5, 0.6) is 0 Å². The van der Waals surface area contributed by atoms with Gasteiger partial charge in [-0.3, -0.25) is 0 Å². The van der Waals surface area contributed by atoms with Gasteiger partial charge in [0, 0.05) is 12.6 Å². The maximum Gasteiger partial charge on any atom is 0.407 e. The molecular weight excluding hydrogens is 168 g/mol. The standard InChI is InChI=1S/C9H18N2O2/c1-6-7(5-10-6)11-8(12)13-9(2,3)4/h6-7,10H,5H2,1-4H3,(H,11,12)/t6-,7-/m0/s1. The van der Waals surface area contributed by atoms with Gasteiger partial charge in [-0.25, -0.2) is 4.79 Å². The fraction of sp³-hybridized carbons (Fsp3) is 0.889. The summed E-state index contributed by atoms with van der Waals surface area (Å²) >= 11 is 0. The predicted octanol–water partition coefficient (Wildman–Crippen LogP) is 0.871. The average molecular weight is 186 g/mol. The van der Waals surface area contributed by atoms with E-state index < -0.39 is 5.60 Å². The zero-order chi connectivity index (χ0) is 10.1. The van der Waals surface area contributed by atoms with Gasteiger partial charge in [0.2, 0.25) is 0 Å². The van der Waals surface area contributed by atoms with Gasteiger partial charge in [-0.1, -0.05) is 0 Å². The van der Waals surface area contributed by atoms with Crippen LogP contribution in [0.2, 0.25) is 0 Å². The van der Waals surface area contributed by atoms with Crippen LogP contribution >= 0.6 is 0 Å². The molecule has 1 aliphatic heterocycles. The zero-order valence-electron chi connectivity index (χ0n) is 8.68. The molecule has 1 fully saturated rings. The van der Waals surface area contributed by atoms with Crippen LogP contribution in [-0.4, -0.2) is 30.3 Å². The average Bonchev–Trinajstić information content (AvgIpc) is 1.94. The summed E-state index contributed by atoms with van der Waals surface area (Å²) in [6.45, 7) is 8.44. The van der Waals surface area contributed by atoms with E-state index in [0.717, 1.165) is 6.54 Å². The lowest BCUT2D eigenvalue weighted by molar-refractivity contribution is 0.0468. The van der Waals surface area contributed by atoms with Gasteiger partial charge in [-0.2, -0.15) is 0 Å². The minimum absolute atomic E-state index is 0.217. The number of carbonyl (C=O) groups excluding carboxylic acids is 1. The number of hydrogen-bond acceptors (Lipinski definition) is 3. The maximum absolute atomic E-state index is 11.2. The van der Waals surface area contributed by atoms with E-state index in [-0.39, 0.29) is 12.1 Å². The van der Waals surface area contributed by atoms with Crippen molar-refractivity contribution >= 4 is 6.09 Å². The zero-order valence-corrected chi connectivity index (χ0v) is 8.68. The molecule has 1 amide bonds. The van der Waals surface area contributed by atoms with Crippen LogP contribution in [0, 0.1) is 0 Å². The Balaban J connectivity index is 2.25. The van der Waals surface area contributed by atoms with E-state index in [2.05, 4.69) is 10.6 Å². The second-order valence-electron chi connectivity index (χ2n) is 4.45. The van der Waals surface area contributed by atoms with Crippen molar-refractivity contribution in [3.05, 3.63) is 0 Å². The molecule has 13 heavy (non-hydrogen) atoms. The Hall–Kier alpha value is -0.770. The molecule has 1 rings (SSSR count). The Kier molecular flexibility index (Phi) is 2.81. The van der Waals surface area contributed by atoms with Crippen LogP contribution in [0.15, 0.2) is 0 Å². The van der Waals surface area contributed by atoms with Crippen LogP contribution in [0.3, 0.4) is 0 Å². The quantitative estimate of drug-likeness (QED) is 0.639. The highest BCUT2D eigenvalue weighted by Crippen LogP contribution is 2.08. The molecule has 0 aromatic carbocycles. The highest BCUT2D eigenvalue weighted by atomic mass is 16.6. The minimum Gasteiger partial charge on any atom is -0.444 e. The Morgan fingerprint density at radius 1 is 1.54 bits per heavy atom. The van der Waals surface area contributed by atoms with E-state index in [1.807, 2.05) is 27.7 Å². The summed E-state index contributed by atoms with van der Waals surface area (Å²) in [5.41, 5.74) is -0.412. The maximum atomic E-state index is 11.2. The Morgan fingerprint density at radius 3 is 2.46 bits per heavy atom. The molecule has 0 spiro atoms. The summed E-state index contributed by atoms with van der Waals surface area (Å²) in [5, 5.41) is 5.96. The molecule has 4 heteroatoms. The van der Waals surface area contributed by atoms with Crippen LogP contribution in [0.1, 0.15) is 27.7 Å². The first-order chi connectivity index (χ1) is 5.88. The molecule has 2 atom stereocenters. The van der Waals surface area contributed by atoms with E-state index in [4.69, 9.17) is 4.74 Å².